The third-order valence-corrected chi connectivity index (χ3v) is 4.60. The van der Waals surface area contributed by atoms with Crippen LogP contribution in [0.5, 0.6) is 0 Å². The lowest BCUT2D eigenvalue weighted by Gasteiger charge is -2.35. The number of nitrogens with one attached hydrogen (secondary N) is 2. The van der Waals surface area contributed by atoms with E-state index in [0.717, 1.165) is 62.4 Å². The third-order valence-electron chi connectivity index (χ3n) is 4.26. The topological polar surface area (TPSA) is 48.9 Å². The number of ether oxygens (including phenoxy) is 1. The number of hydrogen-bond acceptors (Lipinski definition) is 3. The number of hydrogen-bond donors (Lipinski definition) is 2. The monoisotopic (exact) mass is 352 g/mol. The fourth-order valence-corrected chi connectivity index (χ4v) is 3.13. The van der Waals surface area contributed by atoms with E-state index in [1.807, 2.05) is 18.2 Å². The van der Waals surface area contributed by atoms with Crippen LogP contribution >= 0.6 is 11.6 Å². The molecule has 1 unspecified atom stereocenters. The quantitative estimate of drug-likeness (QED) is 0.450. The van der Waals surface area contributed by atoms with Crippen LogP contribution in [-0.4, -0.2) is 57.3 Å². The van der Waals surface area contributed by atoms with Crippen molar-refractivity contribution in [3.63, 3.8) is 0 Å². The Hall–Kier alpha value is -1.30. The van der Waals surface area contributed by atoms with Gasteiger partial charge in [0.25, 0.3) is 0 Å². The maximum atomic E-state index is 6.46. The molecule has 134 valence electrons. The lowest BCUT2D eigenvalue weighted by molar-refractivity contribution is 0.0170. The van der Waals surface area contributed by atoms with Crippen LogP contribution in [0.1, 0.15) is 31.4 Å². The van der Waals surface area contributed by atoms with Gasteiger partial charge in [0.05, 0.1) is 19.3 Å². The number of guanidine groups is 1. The molecule has 0 amide bonds. The molecular weight excluding hydrogens is 324 g/mol. The van der Waals surface area contributed by atoms with Crippen LogP contribution < -0.4 is 10.6 Å². The summed E-state index contributed by atoms with van der Waals surface area (Å²) < 4.78 is 5.50. The van der Waals surface area contributed by atoms with Gasteiger partial charge in [-0.15, -0.1) is 0 Å². The molecule has 1 atom stereocenters. The molecular formula is C18H29ClN4O. The predicted octanol–water partition coefficient (Wildman–Crippen LogP) is 2.68. The minimum Gasteiger partial charge on any atom is -0.379 e. The first kappa shape index (κ1) is 19.0. The second kappa shape index (κ2) is 10.5. The lowest BCUT2D eigenvalue weighted by atomic mass is 10.0. The van der Waals surface area contributed by atoms with Crippen molar-refractivity contribution in [3.8, 4) is 0 Å². The highest BCUT2D eigenvalue weighted by atomic mass is 35.5. The Morgan fingerprint density at radius 1 is 1.29 bits per heavy atom. The zero-order valence-electron chi connectivity index (χ0n) is 14.7. The fraction of sp³-hybridized carbons (Fsp3) is 0.611. The fourth-order valence-electron chi connectivity index (χ4n) is 2.87. The number of halogens is 1. The highest BCUT2D eigenvalue weighted by Gasteiger charge is 2.24. The van der Waals surface area contributed by atoms with E-state index < -0.39 is 0 Å². The summed E-state index contributed by atoms with van der Waals surface area (Å²) in [5.41, 5.74) is 1.15. The van der Waals surface area contributed by atoms with Gasteiger partial charge in [0.2, 0.25) is 0 Å². The van der Waals surface area contributed by atoms with E-state index in [1.165, 1.54) is 6.42 Å². The predicted molar refractivity (Wildman–Crippen MR) is 101 cm³/mol. The largest absolute Gasteiger partial charge is 0.379 e. The van der Waals surface area contributed by atoms with Crippen LogP contribution in [0, 0.1) is 0 Å². The molecule has 0 spiro atoms. The van der Waals surface area contributed by atoms with E-state index in [-0.39, 0.29) is 6.04 Å². The van der Waals surface area contributed by atoms with Gasteiger partial charge in [0.1, 0.15) is 0 Å². The Kier molecular flexibility index (Phi) is 8.36. The normalized spacial score (nSPS) is 17.5. The molecule has 1 heterocycles. The average molecular weight is 353 g/mol. The van der Waals surface area contributed by atoms with E-state index in [2.05, 4.69) is 33.5 Å². The Balaban J connectivity index is 2.04. The molecule has 0 aliphatic carbocycles. The Morgan fingerprint density at radius 2 is 2.04 bits per heavy atom. The van der Waals surface area contributed by atoms with Crippen molar-refractivity contribution in [2.75, 3.05) is 46.4 Å². The first-order valence-electron chi connectivity index (χ1n) is 8.77. The van der Waals surface area contributed by atoms with Crippen molar-refractivity contribution in [1.82, 2.24) is 15.5 Å². The number of morpholine rings is 1. The summed E-state index contributed by atoms with van der Waals surface area (Å²) in [6, 6.07) is 8.28. The summed E-state index contributed by atoms with van der Waals surface area (Å²) in [5, 5.41) is 7.62. The molecule has 5 nitrogen and oxygen atoms in total. The molecule has 1 aliphatic heterocycles. The molecule has 0 radical (unpaired) electrons. The number of aliphatic imine (C=N–C) groups is 1. The van der Waals surface area contributed by atoms with Gasteiger partial charge in [-0.25, -0.2) is 0 Å². The Labute approximate surface area is 150 Å². The molecule has 0 aromatic heterocycles. The molecule has 0 bridgehead atoms. The van der Waals surface area contributed by atoms with Crippen LogP contribution in [0.3, 0.4) is 0 Å². The van der Waals surface area contributed by atoms with E-state index >= 15 is 0 Å². The molecule has 2 N–H and O–H groups in total. The van der Waals surface area contributed by atoms with Crippen molar-refractivity contribution in [3.05, 3.63) is 34.9 Å². The standard InChI is InChI=1S/C18H29ClN4O/c1-3-4-9-21-18(20-2)22-14-17(23-10-12-24-13-11-23)15-7-5-6-8-16(15)19/h5-8,17H,3-4,9-14H2,1-2H3,(H2,20,21,22). The summed E-state index contributed by atoms with van der Waals surface area (Å²) in [7, 11) is 1.81. The lowest BCUT2D eigenvalue weighted by Crippen LogP contribution is -2.46. The summed E-state index contributed by atoms with van der Waals surface area (Å²) in [4.78, 5) is 6.74. The summed E-state index contributed by atoms with van der Waals surface area (Å²) in [5.74, 6) is 0.841. The maximum absolute atomic E-state index is 6.46. The van der Waals surface area contributed by atoms with Gasteiger partial charge in [-0.1, -0.05) is 43.1 Å². The summed E-state index contributed by atoms with van der Waals surface area (Å²) in [6.45, 7) is 7.25. The van der Waals surface area contributed by atoms with Crippen LogP contribution in [0.25, 0.3) is 0 Å². The zero-order chi connectivity index (χ0) is 17.2. The second-order valence-corrected chi connectivity index (χ2v) is 6.33. The van der Waals surface area contributed by atoms with Crippen LogP contribution in [0.2, 0.25) is 5.02 Å². The van der Waals surface area contributed by atoms with Gasteiger partial charge < -0.3 is 15.4 Å². The van der Waals surface area contributed by atoms with Crippen molar-refractivity contribution >= 4 is 17.6 Å². The van der Waals surface area contributed by atoms with Gasteiger partial charge in [-0.05, 0) is 18.1 Å². The molecule has 1 aliphatic rings. The molecule has 2 rings (SSSR count). The first-order chi connectivity index (χ1) is 11.8. The highest BCUT2D eigenvalue weighted by molar-refractivity contribution is 6.31. The van der Waals surface area contributed by atoms with Crippen LogP contribution in [0.4, 0.5) is 0 Å². The number of benzene rings is 1. The molecule has 24 heavy (non-hydrogen) atoms. The van der Waals surface area contributed by atoms with E-state index in [9.17, 15) is 0 Å². The molecule has 1 fully saturated rings. The molecule has 1 saturated heterocycles. The van der Waals surface area contributed by atoms with Crippen molar-refractivity contribution in [1.29, 1.82) is 0 Å². The summed E-state index contributed by atoms with van der Waals surface area (Å²) >= 11 is 6.46. The molecule has 1 aromatic rings. The average Bonchev–Trinajstić information content (AvgIpc) is 2.62. The number of rotatable bonds is 7. The Morgan fingerprint density at radius 3 is 2.71 bits per heavy atom. The van der Waals surface area contributed by atoms with Gasteiger partial charge in [-0.2, -0.15) is 0 Å². The molecule has 6 heteroatoms. The van der Waals surface area contributed by atoms with Gasteiger partial charge >= 0.3 is 0 Å². The molecule has 1 aromatic carbocycles. The van der Waals surface area contributed by atoms with Gasteiger partial charge in [-0.3, -0.25) is 9.89 Å². The SMILES string of the molecule is CCCCNC(=NC)NCC(c1ccccc1Cl)N1CCOCC1. The van der Waals surface area contributed by atoms with Crippen molar-refractivity contribution in [2.45, 2.75) is 25.8 Å². The molecule has 0 saturated carbocycles. The minimum atomic E-state index is 0.201. The first-order valence-corrected chi connectivity index (χ1v) is 9.14. The highest BCUT2D eigenvalue weighted by Crippen LogP contribution is 2.27. The number of nitrogens with zero attached hydrogens (tertiary/aromatic N) is 2. The van der Waals surface area contributed by atoms with E-state index in [0.29, 0.717) is 0 Å². The Bertz CT molecular complexity index is 517. The minimum absolute atomic E-state index is 0.201. The summed E-state index contributed by atoms with van der Waals surface area (Å²) in [6.07, 6.45) is 2.30. The smallest absolute Gasteiger partial charge is 0.191 e. The van der Waals surface area contributed by atoms with Gasteiger partial charge in [0.15, 0.2) is 5.96 Å². The zero-order valence-corrected chi connectivity index (χ0v) is 15.5. The van der Waals surface area contributed by atoms with Crippen LogP contribution in [0.15, 0.2) is 29.3 Å². The third kappa shape index (κ3) is 5.65. The second-order valence-electron chi connectivity index (χ2n) is 5.92. The number of unbranched alkanes of at least 4 members (excludes halogenated alkanes) is 1. The van der Waals surface area contributed by atoms with E-state index in [1.54, 1.807) is 7.05 Å². The van der Waals surface area contributed by atoms with Gasteiger partial charge in [0, 0.05) is 38.2 Å². The maximum Gasteiger partial charge on any atom is 0.191 e. The van der Waals surface area contributed by atoms with Crippen molar-refractivity contribution < 1.29 is 4.74 Å². The van der Waals surface area contributed by atoms with Crippen LogP contribution in [-0.2, 0) is 4.74 Å². The van der Waals surface area contributed by atoms with Crippen molar-refractivity contribution in [2.24, 2.45) is 4.99 Å². The van der Waals surface area contributed by atoms with E-state index in [4.69, 9.17) is 16.3 Å².